The maximum absolute atomic E-state index is 5.32. The van der Waals surface area contributed by atoms with Crippen molar-refractivity contribution >= 4 is 35.6 Å². The average molecular weight is 459 g/mol. The molecule has 0 saturated heterocycles. The maximum atomic E-state index is 5.32. The Balaban J connectivity index is 0.00000312. The van der Waals surface area contributed by atoms with E-state index in [1.165, 1.54) is 0 Å². The highest BCUT2D eigenvalue weighted by Gasteiger charge is 2.06. The molecule has 7 nitrogen and oxygen atoms in total. The van der Waals surface area contributed by atoms with Crippen molar-refractivity contribution < 1.29 is 9.47 Å². The minimum Gasteiger partial charge on any atom is -0.493 e. The Morgan fingerprint density at radius 3 is 2.68 bits per heavy atom. The Morgan fingerprint density at radius 1 is 1.24 bits per heavy atom. The van der Waals surface area contributed by atoms with E-state index in [4.69, 9.17) is 9.47 Å². The normalized spacial score (nSPS) is 10.8. The van der Waals surface area contributed by atoms with Gasteiger partial charge in [0.05, 0.1) is 14.2 Å². The smallest absolute Gasteiger partial charge is 0.195 e. The summed E-state index contributed by atoms with van der Waals surface area (Å²) >= 11 is 0. The molecule has 0 aliphatic heterocycles. The van der Waals surface area contributed by atoms with Crippen molar-refractivity contribution in [2.45, 2.75) is 19.9 Å². The molecule has 0 radical (unpaired) electrons. The molecule has 0 unspecified atom stereocenters. The van der Waals surface area contributed by atoms with Gasteiger partial charge >= 0.3 is 0 Å². The minimum absolute atomic E-state index is 0. The number of methoxy groups -OCH3 is 2. The van der Waals surface area contributed by atoms with Gasteiger partial charge in [-0.2, -0.15) is 5.10 Å². The first kappa shape index (κ1) is 21.1. The summed E-state index contributed by atoms with van der Waals surface area (Å²) in [6, 6.07) is 7.60. The van der Waals surface area contributed by atoms with Crippen LogP contribution in [0.3, 0.4) is 0 Å². The van der Waals surface area contributed by atoms with Crippen LogP contribution in [0.1, 0.15) is 13.3 Å². The molecule has 1 aromatic heterocycles. The van der Waals surface area contributed by atoms with Crippen LogP contribution in [0.4, 0.5) is 5.69 Å². The number of hydrogen-bond acceptors (Lipinski definition) is 4. The van der Waals surface area contributed by atoms with Gasteiger partial charge in [0.15, 0.2) is 17.5 Å². The van der Waals surface area contributed by atoms with Gasteiger partial charge in [0.25, 0.3) is 0 Å². The van der Waals surface area contributed by atoms with E-state index in [9.17, 15) is 0 Å². The van der Waals surface area contributed by atoms with E-state index in [1.807, 2.05) is 42.1 Å². The van der Waals surface area contributed by atoms with Gasteiger partial charge in [0.1, 0.15) is 0 Å². The summed E-state index contributed by atoms with van der Waals surface area (Å²) in [5.41, 5.74) is 0.888. The van der Waals surface area contributed by atoms with E-state index < -0.39 is 0 Å². The molecule has 0 spiro atoms. The number of nitrogens with one attached hydrogen (secondary N) is 2. The summed E-state index contributed by atoms with van der Waals surface area (Å²) < 4.78 is 12.5. The molecule has 2 aromatic rings. The largest absolute Gasteiger partial charge is 0.493 e. The van der Waals surface area contributed by atoms with Crippen LogP contribution in [0.2, 0.25) is 0 Å². The van der Waals surface area contributed by atoms with Crippen molar-refractivity contribution in [3.05, 3.63) is 36.7 Å². The Kier molecular flexibility index (Phi) is 9.75. The van der Waals surface area contributed by atoms with E-state index in [-0.39, 0.29) is 24.0 Å². The fourth-order valence-corrected chi connectivity index (χ4v) is 2.21. The third kappa shape index (κ3) is 6.81. The summed E-state index contributed by atoms with van der Waals surface area (Å²) in [4.78, 5) is 4.59. The van der Waals surface area contributed by atoms with Crippen LogP contribution in [0.5, 0.6) is 11.5 Å². The fraction of sp³-hybridized carbons (Fsp3) is 0.412. The standard InChI is InChI=1S/C17H25N5O2.HI/c1-4-18-17(19-9-5-11-22-12-6-10-20-22)21-14-7-8-15(23-2)16(13-14)24-3;/h6-8,10,12-13H,4-5,9,11H2,1-3H3,(H2,18,19,21);1H. The molecule has 0 aliphatic rings. The second-order valence-electron chi connectivity index (χ2n) is 5.08. The molecule has 2 rings (SSSR count). The number of aromatic nitrogens is 2. The van der Waals surface area contributed by atoms with Crippen molar-refractivity contribution in [3.63, 3.8) is 0 Å². The summed E-state index contributed by atoms with van der Waals surface area (Å²) in [5.74, 6) is 2.12. The van der Waals surface area contributed by atoms with Gasteiger partial charge in [-0.1, -0.05) is 0 Å². The Morgan fingerprint density at radius 2 is 2.04 bits per heavy atom. The molecule has 0 aliphatic carbocycles. The fourth-order valence-electron chi connectivity index (χ4n) is 2.21. The molecule has 8 heteroatoms. The quantitative estimate of drug-likeness (QED) is 0.275. The lowest BCUT2D eigenvalue weighted by Gasteiger charge is -2.13. The first-order valence-electron chi connectivity index (χ1n) is 8.01. The monoisotopic (exact) mass is 459 g/mol. The number of guanidine groups is 1. The Bertz CT molecular complexity index is 646. The van der Waals surface area contributed by atoms with Crippen LogP contribution >= 0.6 is 24.0 Å². The van der Waals surface area contributed by atoms with Crippen LogP contribution in [-0.4, -0.2) is 43.0 Å². The Labute approximate surface area is 165 Å². The van der Waals surface area contributed by atoms with E-state index in [1.54, 1.807) is 20.4 Å². The highest BCUT2D eigenvalue weighted by molar-refractivity contribution is 14.0. The predicted octanol–water partition coefficient (Wildman–Crippen LogP) is 2.99. The highest BCUT2D eigenvalue weighted by Crippen LogP contribution is 2.29. The second-order valence-corrected chi connectivity index (χ2v) is 5.08. The van der Waals surface area contributed by atoms with Crippen molar-refractivity contribution in [1.82, 2.24) is 15.1 Å². The number of rotatable bonds is 8. The van der Waals surface area contributed by atoms with E-state index in [0.29, 0.717) is 18.0 Å². The molecule has 25 heavy (non-hydrogen) atoms. The number of halogens is 1. The van der Waals surface area contributed by atoms with Crippen LogP contribution in [0.15, 0.2) is 41.7 Å². The molecule has 0 amide bonds. The predicted molar refractivity (Wildman–Crippen MR) is 111 cm³/mol. The van der Waals surface area contributed by atoms with E-state index >= 15 is 0 Å². The van der Waals surface area contributed by atoms with Gasteiger partial charge in [-0.25, -0.2) is 0 Å². The SMILES string of the molecule is CCNC(=NCCCn1cccn1)Nc1ccc(OC)c(OC)c1.I. The molecule has 1 aromatic carbocycles. The molecule has 0 fully saturated rings. The van der Waals surface area contributed by atoms with Gasteiger partial charge in [-0.3, -0.25) is 9.67 Å². The summed E-state index contributed by atoms with van der Waals surface area (Å²) in [6.07, 6.45) is 4.66. The zero-order valence-electron chi connectivity index (χ0n) is 14.9. The maximum Gasteiger partial charge on any atom is 0.195 e. The van der Waals surface area contributed by atoms with Gasteiger partial charge < -0.3 is 20.1 Å². The van der Waals surface area contributed by atoms with Crippen molar-refractivity contribution in [3.8, 4) is 11.5 Å². The Hall–Kier alpha value is -1.97. The number of nitrogens with zero attached hydrogens (tertiary/aromatic N) is 3. The lowest BCUT2D eigenvalue weighted by Crippen LogP contribution is -2.30. The molecule has 138 valence electrons. The first-order valence-corrected chi connectivity index (χ1v) is 8.01. The molecule has 1 heterocycles. The molecule has 0 saturated carbocycles. The molecular formula is C17H26IN5O2. The number of benzene rings is 1. The van der Waals surface area contributed by atoms with E-state index in [0.717, 1.165) is 31.2 Å². The zero-order chi connectivity index (χ0) is 17.2. The van der Waals surface area contributed by atoms with Crippen molar-refractivity contribution in [2.24, 2.45) is 4.99 Å². The van der Waals surface area contributed by atoms with Gasteiger partial charge in [-0.05, 0) is 31.5 Å². The average Bonchev–Trinajstić information content (AvgIpc) is 3.12. The molecule has 2 N–H and O–H groups in total. The first-order chi connectivity index (χ1) is 11.8. The number of hydrogen-bond donors (Lipinski definition) is 2. The van der Waals surface area contributed by atoms with Crippen LogP contribution in [-0.2, 0) is 6.54 Å². The number of anilines is 1. The summed E-state index contributed by atoms with van der Waals surface area (Å²) in [7, 11) is 3.24. The topological polar surface area (TPSA) is 72.7 Å². The zero-order valence-corrected chi connectivity index (χ0v) is 17.2. The number of aryl methyl sites for hydroxylation is 1. The van der Waals surface area contributed by atoms with Crippen LogP contribution in [0.25, 0.3) is 0 Å². The molecular weight excluding hydrogens is 433 g/mol. The highest BCUT2D eigenvalue weighted by atomic mass is 127. The van der Waals surface area contributed by atoms with Gasteiger partial charge in [0, 0.05) is 43.8 Å². The molecule has 0 bridgehead atoms. The minimum atomic E-state index is 0. The van der Waals surface area contributed by atoms with Crippen molar-refractivity contribution in [2.75, 3.05) is 32.6 Å². The second kappa shape index (κ2) is 11.6. The molecule has 0 atom stereocenters. The van der Waals surface area contributed by atoms with Crippen molar-refractivity contribution in [1.29, 1.82) is 0 Å². The van der Waals surface area contributed by atoms with Crippen LogP contribution < -0.4 is 20.1 Å². The van der Waals surface area contributed by atoms with Gasteiger partial charge in [-0.15, -0.1) is 24.0 Å². The summed E-state index contributed by atoms with van der Waals surface area (Å²) in [6.45, 7) is 4.39. The lowest BCUT2D eigenvalue weighted by atomic mass is 10.3. The third-order valence-corrected chi connectivity index (χ3v) is 3.36. The van der Waals surface area contributed by atoms with E-state index in [2.05, 4.69) is 20.7 Å². The van der Waals surface area contributed by atoms with Gasteiger partial charge in [0.2, 0.25) is 0 Å². The number of ether oxygens (including phenoxy) is 2. The number of aliphatic imine (C=N–C) groups is 1. The summed E-state index contributed by atoms with van der Waals surface area (Å²) in [5, 5.41) is 10.7. The van der Waals surface area contributed by atoms with Crippen LogP contribution in [0, 0.1) is 0 Å². The third-order valence-electron chi connectivity index (χ3n) is 3.36. The lowest BCUT2D eigenvalue weighted by molar-refractivity contribution is 0.355.